The average molecular weight is 229 g/mol. The van der Waals surface area contributed by atoms with Gasteiger partial charge in [0.1, 0.15) is 0 Å². The highest BCUT2D eigenvalue weighted by Gasteiger charge is 2.13. The van der Waals surface area contributed by atoms with Gasteiger partial charge < -0.3 is 5.11 Å². The monoisotopic (exact) mass is 229 g/mol. The van der Waals surface area contributed by atoms with Crippen molar-refractivity contribution >= 4 is 5.69 Å². The molecule has 4 nitrogen and oxygen atoms in total. The summed E-state index contributed by atoms with van der Waals surface area (Å²) in [5, 5.41) is 20.0. The lowest BCUT2D eigenvalue weighted by molar-refractivity contribution is -0.384. The van der Waals surface area contributed by atoms with Gasteiger partial charge in [-0.2, -0.15) is 0 Å². The molecule has 4 heteroatoms. The zero-order valence-corrected chi connectivity index (χ0v) is 9.04. The molecule has 1 N–H and O–H groups in total. The van der Waals surface area contributed by atoms with Gasteiger partial charge in [-0.15, -0.1) is 0 Å². The Kier molecular flexibility index (Phi) is 3.16. The van der Waals surface area contributed by atoms with E-state index >= 15 is 0 Å². The molecule has 0 aliphatic carbocycles. The smallest absolute Gasteiger partial charge is 0.277 e. The van der Waals surface area contributed by atoms with Crippen molar-refractivity contribution in [3.8, 4) is 11.1 Å². The maximum absolute atomic E-state index is 10.9. The van der Waals surface area contributed by atoms with Crippen molar-refractivity contribution in [2.75, 3.05) is 0 Å². The molecule has 2 aromatic rings. The Labute approximate surface area is 98.3 Å². The summed E-state index contributed by atoms with van der Waals surface area (Å²) < 4.78 is 0. The Balaban J connectivity index is 2.56. The van der Waals surface area contributed by atoms with Gasteiger partial charge in [-0.25, -0.2) is 0 Å². The van der Waals surface area contributed by atoms with Gasteiger partial charge in [0.25, 0.3) is 5.69 Å². The summed E-state index contributed by atoms with van der Waals surface area (Å²) in [7, 11) is 0. The molecule has 0 aliphatic heterocycles. The van der Waals surface area contributed by atoms with Crippen molar-refractivity contribution < 1.29 is 10.0 Å². The van der Waals surface area contributed by atoms with Crippen LogP contribution in [0.4, 0.5) is 5.69 Å². The number of nitro benzene ring substituents is 1. The SMILES string of the molecule is O=[N+]([O-])c1ccccc1-c1cccc(CO)c1. The van der Waals surface area contributed by atoms with Gasteiger partial charge >= 0.3 is 0 Å². The van der Waals surface area contributed by atoms with Gasteiger partial charge in [-0.1, -0.05) is 30.3 Å². The number of rotatable bonds is 3. The van der Waals surface area contributed by atoms with E-state index in [-0.39, 0.29) is 12.3 Å². The molecule has 0 aromatic heterocycles. The van der Waals surface area contributed by atoms with Gasteiger partial charge in [0, 0.05) is 6.07 Å². The zero-order valence-electron chi connectivity index (χ0n) is 9.04. The van der Waals surface area contributed by atoms with Crippen LogP contribution in [0.5, 0.6) is 0 Å². The Morgan fingerprint density at radius 1 is 1.12 bits per heavy atom. The molecule has 0 aliphatic rings. The second-order valence-electron chi connectivity index (χ2n) is 3.63. The minimum Gasteiger partial charge on any atom is -0.392 e. The van der Waals surface area contributed by atoms with Crippen LogP contribution in [-0.2, 0) is 6.61 Å². The molecular formula is C13H11NO3. The lowest BCUT2D eigenvalue weighted by Crippen LogP contribution is -1.92. The van der Waals surface area contributed by atoms with E-state index in [4.69, 9.17) is 5.11 Å². The molecule has 2 aromatic carbocycles. The first kappa shape index (κ1) is 11.3. The summed E-state index contributed by atoms with van der Waals surface area (Å²) in [4.78, 5) is 10.5. The predicted octanol–water partition coefficient (Wildman–Crippen LogP) is 2.75. The van der Waals surface area contributed by atoms with Crippen LogP contribution < -0.4 is 0 Å². The number of hydrogen-bond donors (Lipinski definition) is 1. The molecule has 0 atom stereocenters. The van der Waals surface area contributed by atoms with E-state index in [2.05, 4.69) is 0 Å². The molecule has 0 saturated carbocycles. The number of aliphatic hydroxyl groups is 1. The molecule has 86 valence electrons. The first-order valence-corrected chi connectivity index (χ1v) is 5.16. The van der Waals surface area contributed by atoms with Crippen LogP contribution in [-0.4, -0.2) is 10.0 Å². The van der Waals surface area contributed by atoms with E-state index in [1.165, 1.54) is 6.07 Å². The van der Waals surface area contributed by atoms with E-state index in [1.807, 2.05) is 0 Å². The predicted molar refractivity (Wildman–Crippen MR) is 64.5 cm³/mol. The summed E-state index contributed by atoms with van der Waals surface area (Å²) in [6, 6.07) is 13.7. The zero-order chi connectivity index (χ0) is 12.3. The fourth-order valence-electron chi connectivity index (χ4n) is 1.71. The number of benzene rings is 2. The summed E-state index contributed by atoms with van der Waals surface area (Å²) >= 11 is 0. The lowest BCUT2D eigenvalue weighted by Gasteiger charge is -2.04. The number of para-hydroxylation sites is 1. The van der Waals surface area contributed by atoms with Crippen molar-refractivity contribution in [2.24, 2.45) is 0 Å². The van der Waals surface area contributed by atoms with Crippen LogP contribution in [0.25, 0.3) is 11.1 Å². The summed E-state index contributed by atoms with van der Waals surface area (Å²) in [5.74, 6) is 0. The van der Waals surface area contributed by atoms with E-state index < -0.39 is 4.92 Å². The first-order chi connectivity index (χ1) is 8.22. The molecule has 0 heterocycles. The summed E-state index contributed by atoms with van der Waals surface area (Å²) in [6.45, 7) is -0.0749. The molecule has 0 spiro atoms. The third-order valence-corrected chi connectivity index (χ3v) is 2.52. The molecule has 0 saturated heterocycles. The van der Waals surface area contributed by atoms with Crippen molar-refractivity contribution in [3.63, 3.8) is 0 Å². The van der Waals surface area contributed by atoms with Crippen LogP contribution in [0.1, 0.15) is 5.56 Å². The second kappa shape index (κ2) is 4.76. The third kappa shape index (κ3) is 2.32. The maximum Gasteiger partial charge on any atom is 0.277 e. The number of nitrogens with zero attached hydrogens (tertiary/aromatic N) is 1. The molecule has 2 rings (SSSR count). The molecule has 17 heavy (non-hydrogen) atoms. The van der Waals surface area contributed by atoms with Gasteiger partial charge in [-0.05, 0) is 23.3 Å². The van der Waals surface area contributed by atoms with Gasteiger partial charge in [0.15, 0.2) is 0 Å². The van der Waals surface area contributed by atoms with Crippen LogP contribution in [0, 0.1) is 10.1 Å². The fourth-order valence-corrected chi connectivity index (χ4v) is 1.71. The number of aliphatic hydroxyl groups excluding tert-OH is 1. The highest BCUT2D eigenvalue weighted by molar-refractivity contribution is 5.73. The number of hydrogen-bond acceptors (Lipinski definition) is 3. The molecule has 0 unspecified atom stereocenters. The minimum atomic E-state index is -0.402. The maximum atomic E-state index is 10.9. The fraction of sp³-hybridized carbons (Fsp3) is 0.0769. The highest BCUT2D eigenvalue weighted by atomic mass is 16.6. The van der Waals surface area contributed by atoms with Crippen LogP contribution >= 0.6 is 0 Å². The van der Waals surface area contributed by atoms with Crippen molar-refractivity contribution in [2.45, 2.75) is 6.61 Å². The summed E-state index contributed by atoms with van der Waals surface area (Å²) in [6.07, 6.45) is 0. The van der Waals surface area contributed by atoms with Crippen molar-refractivity contribution in [1.29, 1.82) is 0 Å². The molecule has 0 radical (unpaired) electrons. The van der Waals surface area contributed by atoms with Gasteiger partial charge in [0.05, 0.1) is 17.1 Å². The van der Waals surface area contributed by atoms with Crippen LogP contribution in [0.3, 0.4) is 0 Å². The topological polar surface area (TPSA) is 63.4 Å². The minimum absolute atomic E-state index is 0.0718. The molecule has 0 bridgehead atoms. The molecule has 0 fully saturated rings. The lowest BCUT2D eigenvalue weighted by atomic mass is 10.0. The van der Waals surface area contributed by atoms with E-state index in [9.17, 15) is 10.1 Å². The summed E-state index contributed by atoms with van der Waals surface area (Å²) in [5.41, 5.74) is 2.11. The Hall–Kier alpha value is -2.20. The van der Waals surface area contributed by atoms with E-state index in [0.717, 1.165) is 11.1 Å². The standard InChI is InChI=1S/C13H11NO3/c15-9-10-4-3-5-11(8-10)12-6-1-2-7-13(12)14(16)17/h1-8,15H,9H2. The average Bonchev–Trinajstić information content (AvgIpc) is 2.39. The largest absolute Gasteiger partial charge is 0.392 e. The molecular weight excluding hydrogens is 218 g/mol. The Bertz CT molecular complexity index is 552. The Morgan fingerprint density at radius 2 is 1.88 bits per heavy atom. The third-order valence-electron chi connectivity index (χ3n) is 2.52. The number of nitro groups is 1. The van der Waals surface area contributed by atoms with E-state index in [1.54, 1.807) is 42.5 Å². The van der Waals surface area contributed by atoms with Crippen molar-refractivity contribution in [1.82, 2.24) is 0 Å². The van der Waals surface area contributed by atoms with Crippen LogP contribution in [0.2, 0.25) is 0 Å². The first-order valence-electron chi connectivity index (χ1n) is 5.16. The van der Waals surface area contributed by atoms with Crippen molar-refractivity contribution in [3.05, 3.63) is 64.2 Å². The van der Waals surface area contributed by atoms with Crippen LogP contribution in [0.15, 0.2) is 48.5 Å². The molecule has 0 amide bonds. The van der Waals surface area contributed by atoms with E-state index in [0.29, 0.717) is 5.56 Å². The normalized spacial score (nSPS) is 10.2. The second-order valence-corrected chi connectivity index (χ2v) is 3.63. The van der Waals surface area contributed by atoms with Gasteiger partial charge in [0.2, 0.25) is 0 Å². The van der Waals surface area contributed by atoms with Gasteiger partial charge in [-0.3, -0.25) is 10.1 Å². The Morgan fingerprint density at radius 3 is 2.59 bits per heavy atom. The highest BCUT2D eigenvalue weighted by Crippen LogP contribution is 2.29. The quantitative estimate of drug-likeness (QED) is 0.650.